The molecule has 2 amide bonds. The summed E-state index contributed by atoms with van der Waals surface area (Å²) in [5.41, 5.74) is 1.78. The predicted octanol–water partition coefficient (Wildman–Crippen LogP) is 3.69. The third-order valence-corrected chi connectivity index (χ3v) is 5.60. The van der Waals surface area contributed by atoms with Crippen LogP contribution in [0.3, 0.4) is 0 Å². The molecule has 1 atom stereocenters. The second kappa shape index (κ2) is 12.0. The minimum atomic E-state index is -1.61. The summed E-state index contributed by atoms with van der Waals surface area (Å²) >= 11 is 0. The number of rotatable bonds is 11. The van der Waals surface area contributed by atoms with Crippen LogP contribution in [0.25, 0.3) is 0 Å². The van der Waals surface area contributed by atoms with Crippen LogP contribution in [0.1, 0.15) is 59.3 Å². The second-order valence-corrected chi connectivity index (χ2v) is 7.96. The normalized spacial score (nSPS) is 12.6. The lowest BCUT2D eigenvalue weighted by molar-refractivity contribution is -0.129. The van der Waals surface area contributed by atoms with E-state index < -0.39 is 17.3 Å². The van der Waals surface area contributed by atoms with E-state index in [9.17, 15) is 19.1 Å². The highest BCUT2D eigenvalue weighted by Gasteiger charge is 2.35. The van der Waals surface area contributed by atoms with E-state index in [-0.39, 0.29) is 12.3 Å². The third-order valence-electron chi connectivity index (χ3n) is 5.60. The number of halogens is 1. The van der Waals surface area contributed by atoms with Gasteiger partial charge in [-0.15, -0.1) is 0 Å². The molecule has 1 unspecified atom stereocenters. The van der Waals surface area contributed by atoms with Crippen LogP contribution in [-0.4, -0.2) is 33.7 Å². The largest absolute Gasteiger partial charge is 0.374 e. The van der Waals surface area contributed by atoms with E-state index in [4.69, 9.17) is 5.21 Å². The summed E-state index contributed by atoms with van der Waals surface area (Å²) in [4.78, 5) is 27.8. The van der Waals surface area contributed by atoms with Crippen molar-refractivity contribution < 1.29 is 24.3 Å². The van der Waals surface area contributed by atoms with Gasteiger partial charge in [0, 0.05) is 24.7 Å². The molecule has 0 radical (unpaired) electrons. The topological polar surface area (TPSA) is 112 Å². The van der Waals surface area contributed by atoms with Gasteiger partial charge in [-0.25, -0.2) is 9.87 Å². The lowest BCUT2D eigenvalue weighted by Crippen LogP contribution is -2.30. The predicted molar refractivity (Wildman–Crippen MR) is 125 cm³/mol. The molecule has 4 N–H and O–H groups in total. The number of benzene rings is 2. The maximum atomic E-state index is 13.5. The van der Waals surface area contributed by atoms with Crippen molar-refractivity contribution in [1.29, 1.82) is 0 Å². The Morgan fingerprint density at radius 1 is 0.882 bits per heavy atom. The highest BCUT2D eigenvalue weighted by Crippen LogP contribution is 2.35. The fraction of sp³-hybridized carbons (Fsp3) is 0.269. The average molecular weight is 466 g/mol. The van der Waals surface area contributed by atoms with Crippen LogP contribution in [0.2, 0.25) is 0 Å². The van der Waals surface area contributed by atoms with Gasteiger partial charge in [-0.1, -0.05) is 43.2 Å². The summed E-state index contributed by atoms with van der Waals surface area (Å²) in [6.45, 7) is 0.500. The molecule has 34 heavy (non-hydrogen) atoms. The molecule has 1 aromatic heterocycles. The van der Waals surface area contributed by atoms with Crippen molar-refractivity contribution in [3.8, 4) is 0 Å². The maximum absolute atomic E-state index is 13.5. The molecule has 0 saturated heterocycles. The van der Waals surface area contributed by atoms with Gasteiger partial charge in [-0.2, -0.15) is 0 Å². The van der Waals surface area contributed by atoms with Gasteiger partial charge in [0.05, 0.1) is 5.69 Å². The molecule has 8 heteroatoms. The maximum Gasteiger partial charge on any atom is 0.251 e. The Morgan fingerprint density at radius 3 is 2.15 bits per heavy atom. The van der Waals surface area contributed by atoms with Gasteiger partial charge in [0.25, 0.3) is 5.91 Å². The number of carbonyl (C=O) groups is 2. The lowest BCUT2D eigenvalue weighted by Gasteiger charge is -2.29. The zero-order valence-electron chi connectivity index (χ0n) is 18.7. The first-order valence-electron chi connectivity index (χ1n) is 11.2. The SMILES string of the molecule is O=C(CCCCCCNC(=O)c1ccc(C(O)(c2ccc(F)cc2)c2ccccn2)cc1)NO. The van der Waals surface area contributed by atoms with Crippen molar-refractivity contribution in [2.45, 2.75) is 37.7 Å². The third kappa shape index (κ3) is 6.24. The smallest absolute Gasteiger partial charge is 0.251 e. The molecule has 2 aromatic carbocycles. The number of pyridine rings is 1. The molecule has 0 aliphatic heterocycles. The minimum absolute atomic E-state index is 0.227. The molecule has 0 saturated carbocycles. The Kier molecular flexibility index (Phi) is 8.84. The first-order valence-corrected chi connectivity index (χ1v) is 11.2. The molecule has 178 valence electrons. The molecule has 0 aliphatic rings. The Hall–Kier alpha value is -3.62. The molecule has 0 fully saturated rings. The van der Waals surface area contributed by atoms with E-state index in [2.05, 4.69) is 10.3 Å². The van der Waals surface area contributed by atoms with E-state index in [1.165, 1.54) is 24.3 Å². The van der Waals surface area contributed by atoms with E-state index in [1.54, 1.807) is 54.1 Å². The van der Waals surface area contributed by atoms with Crippen molar-refractivity contribution in [2.24, 2.45) is 0 Å². The van der Waals surface area contributed by atoms with Gasteiger partial charge in [0.1, 0.15) is 5.82 Å². The van der Waals surface area contributed by atoms with Crippen molar-refractivity contribution in [1.82, 2.24) is 15.8 Å². The van der Waals surface area contributed by atoms with Gasteiger partial charge in [-0.05, 0) is 60.4 Å². The molecule has 0 bridgehead atoms. The monoisotopic (exact) mass is 465 g/mol. The van der Waals surface area contributed by atoms with Gasteiger partial charge in [-0.3, -0.25) is 19.8 Å². The molecule has 1 heterocycles. The van der Waals surface area contributed by atoms with Crippen LogP contribution in [0, 0.1) is 5.82 Å². The molecule has 0 spiro atoms. The van der Waals surface area contributed by atoms with Crippen molar-refractivity contribution in [3.63, 3.8) is 0 Å². The molecular weight excluding hydrogens is 437 g/mol. The molecule has 7 nitrogen and oxygen atoms in total. The number of hydrogen-bond acceptors (Lipinski definition) is 5. The number of carbonyl (C=O) groups excluding carboxylic acids is 2. The lowest BCUT2D eigenvalue weighted by atomic mass is 9.83. The fourth-order valence-corrected chi connectivity index (χ4v) is 3.72. The Morgan fingerprint density at radius 2 is 1.53 bits per heavy atom. The van der Waals surface area contributed by atoms with Crippen LogP contribution < -0.4 is 10.8 Å². The summed E-state index contributed by atoms with van der Waals surface area (Å²) < 4.78 is 13.5. The average Bonchev–Trinajstić information content (AvgIpc) is 2.88. The Bertz CT molecular complexity index is 1080. The van der Waals surface area contributed by atoms with E-state index in [0.29, 0.717) is 35.3 Å². The van der Waals surface area contributed by atoms with Crippen LogP contribution in [0.15, 0.2) is 72.9 Å². The van der Waals surface area contributed by atoms with Gasteiger partial charge < -0.3 is 10.4 Å². The van der Waals surface area contributed by atoms with Crippen molar-refractivity contribution in [3.05, 3.63) is 101 Å². The molecular formula is C26H28FN3O4. The van der Waals surface area contributed by atoms with Crippen LogP contribution in [-0.2, 0) is 10.4 Å². The first kappa shape index (κ1) is 25.0. The van der Waals surface area contributed by atoms with E-state index in [0.717, 1.165) is 19.3 Å². The zero-order chi connectivity index (χ0) is 24.4. The number of hydrogen-bond donors (Lipinski definition) is 4. The standard InChI is InChI=1S/C26H28FN3O4/c27-22-15-13-21(14-16-22)26(33,23-7-4-6-17-28-23)20-11-9-19(10-12-20)25(32)29-18-5-2-1-3-8-24(31)30-34/h4,6-7,9-17,33-34H,1-3,5,8,18H2,(H,29,32)(H,30,31). The number of aromatic nitrogens is 1. The number of aliphatic hydroxyl groups is 1. The summed E-state index contributed by atoms with van der Waals surface area (Å²) in [6, 6.07) is 17.4. The molecule has 0 aliphatic carbocycles. The summed E-state index contributed by atoms with van der Waals surface area (Å²) in [5, 5.41) is 23.0. The van der Waals surface area contributed by atoms with Gasteiger partial charge >= 0.3 is 0 Å². The van der Waals surface area contributed by atoms with Gasteiger partial charge in [0.2, 0.25) is 5.91 Å². The van der Waals surface area contributed by atoms with E-state index >= 15 is 0 Å². The zero-order valence-corrected chi connectivity index (χ0v) is 18.7. The van der Waals surface area contributed by atoms with Crippen LogP contribution in [0.5, 0.6) is 0 Å². The highest BCUT2D eigenvalue weighted by atomic mass is 19.1. The Balaban J connectivity index is 1.65. The van der Waals surface area contributed by atoms with Crippen molar-refractivity contribution >= 4 is 11.8 Å². The summed E-state index contributed by atoms with van der Waals surface area (Å²) in [7, 11) is 0. The number of amides is 2. The van der Waals surface area contributed by atoms with Crippen molar-refractivity contribution in [2.75, 3.05) is 6.54 Å². The van der Waals surface area contributed by atoms with Gasteiger partial charge in [0.15, 0.2) is 5.60 Å². The fourth-order valence-electron chi connectivity index (χ4n) is 3.72. The number of hydroxylamine groups is 1. The van der Waals surface area contributed by atoms with Crippen LogP contribution in [0.4, 0.5) is 4.39 Å². The molecule has 3 aromatic rings. The van der Waals surface area contributed by atoms with Crippen LogP contribution >= 0.6 is 0 Å². The molecule has 3 rings (SSSR count). The highest BCUT2D eigenvalue weighted by molar-refractivity contribution is 5.94. The number of nitrogens with zero attached hydrogens (tertiary/aromatic N) is 1. The number of nitrogens with one attached hydrogen (secondary N) is 2. The summed E-state index contributed by atoms with van der Waals surface area (Å²) in [5.74, 6) is -1.03. The number of unbranched alkanes of at least 4 members (excludes halogenated alkanes) is 3. The first-order chi connectivity index (χ1) is 16.4. The minimum Gasteiger partial charge on any atom is -0.374 e. The Labute approximate surface area is 197 Å². The van der Waals surface area contributed by atoms with E-state index in [1.807, 2.05) is 0 Å². The second-order valence-electron chi connectivity index (χ2n) is 7.96. The quantitative estimate of drug-likeness (QED) is 0.196. The summed E-state index contributed by atoms with van der Waals surface area (Å²) in [6.07, 6.45) is 4.98.